The fourth-order valence-electron chi connectivity index (χ4n) is 2.93. The zero-order valence-electron chi connectivity index (χ0n) is 10.3. The highest BCUT2D eigenvalue weighted by Gasteiger charge is 2.16. The van der Waals surface area contributed by atoms with Crippen molar-refractivity contribution in [2.24, 2.45) is 5.92 Å². The molecule has 0 spiro atoms. The molecule has 18 heavy (non-hydrogen) atoms. The summed E-state index contributed by atoms with van der Waals surface area (Å²) in [4.78, 5) is 21.4. The first-order chi connectivity index (χ1) is 8.74. The predicted octanol–water partition coefficient (Wildman–Crippen LogP) is 1.96. The van der Waals surface area contributed by atoms with Crippen LogP contribution in [0.2, 0.25) is 0 Å². The number of hydrogen-bond acceptors (Lipinski definition) is 3. The van der Waals surface area contributed by atoms with E-state index in [9.17, 15) is 4.79 Å². The molecule has 0 aliphatic heterocycles. The van der Waals surface area contributed by atoms with Gasteiger partial charge in [-0.2, -0.15) is 0 Å². The summed E-state index contributed by atoms with van der Waals surface area (Å²) in [5.74, 6) is 1.03. The van der Waals surface area contributed by atoms with Crippen molar-refractivity contribution in [1.29, 1.82) is 0 Å². The molecule has 5 nitrogen and oxygen atoms in total. The molecule has 0 unspecified atom stereocenters. The van der Waals surface area contributed by atoms with Crippen LogP contribution < -0.4 is 11.3 Å². The Morgan fingerprint density at radius 2 is 2.17 bits per heavy atom. The van der Waals surface area contributed by atoms with E-state index in [0.717, 1.165) is 23.4 Å². The first-order valence-electron chi connectivity index (χ1n) is 6.60. The van der Waals surface area contributed by atoms with Crippen molar-refractivity contribution in [2.45, 2.75) is 38.5 Å². The number of rotatable bonds is 3. The molecule has 0 bridgehead atoms. The Kier molecular flexibility index (Phi) is 2.81. The smallest absolute Gasteiger partial charge is 0.276 e. The number of aromatic amines is 2. The number of nitrogens with one attached hydrogen (secondary N) is 2. The number of nitrogens with zero attached hydrogens (tertiary/aromatic N) is 1. The second kappa shape index (κ2) is 4.48. The highest BCUT2D eigenvalue weighted by Crippen LogP contribution is 2.29. The van der Waals surface area contributed by atoms with Gasteiger partial charge in [0.1, 0.15) is 11.0 Å². The third-order valence-electron chi connectivity index (χ3n) is 3.93. The van der Waals surface area contributed by atoms with Gasteiger partial charge in [-0.25, -0.2) is 4.98 Å². The third-order valence-corrected chi connectivity index (χ3v) is 3.93. The van der Waals surface area contributed by atoms with Crippen molar-refractivity contribution in [2.75, 3.05) is 5.73 Å². The van der Waals surface area contributed by atoms with E-state index in [2.05, 4.69) is 15.0 Å². The van der Waals surface area contributed by atoms with Gasteiger partial charge in [0.15, 0.2) is 0 Å². The molecule has 0 aromatic carbocycles. The highest BCUT2D eigenvalue weighted by atomic mass is 16.1. The lowest BCUT2D eigenvalue weighted by Crippen LogP contribution is -2.11. The van der Waals surface area contributed by atoms with Gasteiger partial charge in [0.05, 0.1) is 0 Å². The van der Waals surface area contributed by atoms with Crippen molar-refractivity contribution >= 4 is 17.0 Å². The second-order valence-corrected chi connectivity index (χ2v) is 5.18. The molecular formula is C13H18N4O. The Balaban J connectivity index is 1.85. The minimum atomic E-state index is -0.190. The van der Waals surface area contributed by atoms with Crippen LogP contribution >= 0.6 is 0 Å². The van der Waals surface area contributed by atoms with Gasteiger partial charge in [0.25, 0.3) is 5.56 Å². The topological polar surface area (TPSA) is 87.6 Å². The summed E-state index contributed by atoms with van der Waals surface area (Å²) in [7, 11) is 0. The third kappa shape index (κ3) is 2.00. The highest BCUT2D eigenvalue weighted by molar-refractivity contribution is 5.78. The number of H-pyrrole nitrogens is 2. The van der Waals surface area contributed by atoms with Crippen LogP contribution in [0.15, 0.2) is 11.0 Å². The van der Waals surface area contributed by atoms with Gasteiger partial charge in [-0.05, 0) is 24.3 Å². The van der Waals surface area contributed by atoms with Crippen LogP contribution in [0.4, 0.5) is 5.95 Å². The lowest BCUT2D eigenvalue weighted by molar-refractivity contribution is 0.504. The SMILES string of the molecule is Nc1nc2c(CCC3CCCC3)c[nH]c2c(=O)[nH]1. The van der Waals surface area contributed by atoms with Gasteiger partial charge in [0, 0.05) is 6.20 Å². The van der Waals surface area contributed by atoms with Crippen LogP contribution in [0.3, 0.4) is 0 Å². The van der Waals surface area contributed by atoms with Gasteiger partial charge < -0.3 is 10.7 Å². The van der Waals surface area contributed by atoms with Crippen molar-refractivity contribution in [3.63, 3.8) is 0 Å². The summed E-state index contributed by atoms with van der Waals surface area (Å²) >= 11 is 0. The molecule has 1 fully saturated rings. The fourth-order valence-corrected chi connectivity index (χ4v) is 2.93. The molecule has 0 atom stereocenters. The lowest BCUT2D eigenvalue weighted by Gasteiger charge is -2.07. The van der Waals surface area contributed by atoms with Crippen LogP contribution in [0, 0.1) is 5.92 Å². The first-order valence-corrected chi connectivity index (χ1v) is 6.60. The summed E-state index contributed by atoms with van der Waals surface area (Å²) in [6.07, 6.45) is 9.47. The van der Waals surface area contributed by atoms with E-state index in [1.807, 2.05) is 6.20 Å². The quantitative estimate of drug-likeness (QED) is 0.773. The average Bonchev–Trinajstić information content (AvgIpc) is 2.94. The van der Waals surface area contributed by atoms with Crippen molar-refractivity contribution in [3.05, 3.63) is 22.1 Å². The van der Waals surface area contributed by atoms with Gasteiger partial charge >= 0.3 is 0 Å². The van der Waals surface area contributed by atoms with Gasteiger partial charge in [0.2, 0.25) is 5.95 Å². The Labute approximate surface area is 105 Å². The van der Waals surface area contributed by atoms with Gasteiger partial charge in [-0.15, -0.1) is 0 Å². The molecular weight excluding hydrogens is 228 g/mol. The molecule has 5 heteroatoms. The molecule has 1 aliphatic carbocycles. The van der Waals surface area contributed by atoms with Crippen molar-refractivity contribution in [3.8, 4) is 0 Å². The molecule has 2 aromatic heterocycles. The summed E-state index contributed by atoms with van der Waals surface area (Å²) < 4.78 is 0. The van der Waals surface area contributed by atoms with E-state index in [0.29, 0.717) is 5.52 Å². The normalized spacial score (nSPS) is 16.7. The molecule has 2 heterocycles. The largest absolute Gasteiger partial charge is 0.369 e. The van der Waals surface area contributed by atoms with Crippen LogP contribution in [-0.4, -0.2) is 15.0 Å². The van der Waals surface area contributed by atoms with E-state index in [4.69, 9.17) is 5.73 Å². The number of anilines is 1. The van der Waals surface area contributed by atoms with Gasteiger partial charge in [-0.3, -0.25) is 9.78 Å². The number of hydrogen-bond donors (Lipinski definition) is 3. The standard InChI is InChI=1S/C13H18N4O/c14-13-16-10-9(6-5-8-3-1-2-4-8)7-15-11(10)12(18)17-13/h7-8,15H,1-6H2,(H3,14,16,17,18). The minimum Gasteiger partial charge on any atom is -0.369 e. The second-order valence-electron chi connectivity index (χ2n) is 5.18. The van der Waals surface area contributed by atoms with Crippen LogP contribution in [0.25, 0.3) is 11.0 Å². The summed E-state index contributed by atoms with van der Waals surface area (Å²) in [6, 6.07) is 0. The maximum absolute atomic E-state index is 11.7. The predicted molar refractivity (Wildman–Crippen MR) is 71.4 cm³/mol. The number of nitrogen functional groups attached to an aromatic ring is 1. The number of nitrogens with two attached hydrogens (primary N) is 1. The Morgan fingerprint density at radius 3 is 2.94 bits per heavy atom. The molecule has 0 radical (unpaired) electrons. The molecule has 3 rings (SSSR count). The van der Waals surface area contributed by atoms with E-state index >= 15 is 0 Å². The summed E-state index contributed by atoms with van der Waals surface area (Å²) in [6.45, 7) is 0. The first kappa shape index (κ1) is 11.3. The number of aryl methyl sites for hydroxylation is 1. The Morgan fingerprint density at radius 1 is 1.39 bits per heavy atom. The number of fused-ring (bicyclic) bond motifs is 1. The fraction of sp³-hybridized carbons (Fsp3) is 0.538. The maximum atomic E-state index is 11.7. The zero-order valence-corrected chi connectivity index (χ0v) is 10.3. The molecule has 1 aliphatic rings. The van der Waals surface area contributed by atoms with Crippen LogP contribution in [0.5, 0.6) is 0 Å². The van der Waals surface area contributed by atoms with Crippen molar-refractivity contribution < 1.29 is 0 Å². The van der Waals surface area contributed by atoms with Crippen LogP contribution in [-0.2, 0) is 6.42 Å². The molecule has 96 valence electrons. The zero-order chi connectivity index (χ0) is 12.5. The van der Waals surface area contributed by atoms with E-state index in [1.54, 1.807) is 0 Å². The molecule has 4 N–H and O–H groups in total. The Bertz CT molecular complexity index is 607. The molecule has 2 aromatic rings. The minimum absolute atomic E-state index is 0.189. The maximum Gasteiger partial charge on any atom is 0.276 e. The molecule has 0 saturated heterocycles. The van der Waals surface area contributed by atoms with E-state index in [1.165, 1.54) is 32.1 Å². The molecule has 0 amide bonds. The van der Waals surface area contributed by atoms with Crippen molar-refractivity contribution in [1.82, 2.24) is 15.0 Å². The van der Waals surface area contributed by atoms with Gasteiger partial charge in [-0.1, -0.05) is 25.7 Å². The average molecular weight is 246 g/mol. The summed E-state index contributed by atoms with van der Waals surface area (Å²) in [5, 5.41) is 0. The Hall–Kier alpha value is -1.78. The number of aromatic nitrogens is 3. The van der Waals surface area contributed by atoms with E-state index < -0.39 is 0 Å². The molecule has 1 saturated carbocycles. The summed E-state index contributed by atoms with van der Waals surface area (Å²) in [5.41, 5.74) is 7.77. The van der Waals surface area contributed by atoms with Crippen LogP contribution in [0.1, 0.15) is 37.7 Å². The monoisotopic (exact) mass is 246 g/mol. The van der Waals surface area contributed by atoms with E-state index in [-0.39, 0.29) is 11.5 Å². The lowest BCUT2D eigenvalue weighted by atomic mass is 9.99.